The zero-order valence-corrected chi connectivity index (χ0v) is 7.69. The predicted molar refractivity (Wildman–Crippen MR) is 48.7 cm³/mol. The van der Waals surface area contributed by atoms with Crippen molar-refractivity contribution in [3.05, 3.63) is 0 Å². The first-order chi connectivity index (χ1) is 5.34. The van der Waals surface area contributed by atoms with Crippen molar-refractivity contribution in [1.82, 2.24) is 10.6 Å². The van der Waals surface area contributed by atoms with Crippen LogP contribution in [-0.4, -0.2) is 26.2 Å². The first-order valence-corrected chi connectivity index (χ1v) is 4.76. The maximum absolute atomic E-state index is 3.42. The van der Waals surface area contributed by atoms with E-state index in [-0.39, 0.29) is 0 Å². The minimum atomic E-state index is 0.850. The fraction of sp³-hybridized carbons (Fsp3) is 1.00. The first-order valence-electron chi connectivity index (χ1n) is 4.76. The Hall–Kier alpha value is -0.0800. The molecule has 0 spiro atoms. The van der Waals surface area contributed by atoms with Gasteiger partial charge in [-0.1, -0.05) is 13.8 Å². The van der Waals surface area contributed by atoms with Gasteiger partial charge in [0.1, 0.15) is 0 Å². The summed E-state index contributed by atoms with van der Waals surface area (Å²) in [6.07, 6.45) is 1.34. The van der Waals surface area contributed by atoms with Crippen LogP contribution in [0.4, 0.5) is 0 Å². The van der Waals surface area contributed by atoms with Crippen LogP contribution in [0.15, 0.2) is 0 Å². The van der Waals surface area contributed by atoms with Gasteiger partial charge in [0, 0.05) is 0 Å². The monoisotopic (exact) mass is 156 g/mol. The minimum Gasteiger partial charge on any atom is -0.317 e. The van der Waals surface area contributed by atoms with E-state index < -0.39 is 0 Å². The van der Waals surface area contributed by atoms with Crippen LogP contribution >= 0.6 is 0 Å². The molecule has 0 bridgehead atoms. The summed E-state index contributed by atoms with van der Waals surface area (Å²) in [6, 6.07) is 0. The lowest BCUT2D eigenvalue weighted by Crippen LogP contribution is -2.39. The SMILES string of the molecule is CCNCC1CCNCC1C. The number of hydrogen-bond acceptors (Lipinski definition) is 2. The highest BCUT2D eigenvalue weighted by atomic mass is 14.9. The third-order valence-electron chi connectivity index (χ3n) is 2.62. The average molecular weight is 156 g/mol. The van der Waals surface area contributed by atoms with E-state index in [1.165, 1.54) is 26.1 Å². The molecule has 66 valence electrons. The average Bonchev–Trinajstić information content (AvgIpc) is 2.03. The summed E-state index contributed by atoms with van der Waals surface area (Å²) in [5, 5.41) is 6.83. The van der Waals surface area contributed by atoms with Gasteiger partial charge in [-0.15, -0.1) is 0 Å². The van der Waals surface area contributed by atoms with E-state index in [1.54, 1.807) is 0 Å². The summed E-state index contributed by atoms with van der Waals surface area (Å²) in [5.41, 5.74) is 0. The number of nitrogens with one attached hydrogen (secondary N) is 2. The van der Waals surface area contributed by atoms with Crippen LogP contribution in [-0.2, 0) is 0 Å². The lowest BCUT2D eigenvalue weighted by atomic mass is 9.88. The molecule has 2 unspecified atom stereocenters. The molecule has 1 saturated heterocycles. The lowest BCUT2D eigenvalue weighted by Gasteiger charge is -2.29. The highest BCUT2D eigenvalue weighted by Crippen LogP contribution is 2.16. The first kappa shape index (κ1) is 9.01. The van der Waals surface area contributed by atoms with Crippen LogP contribution < -0.4 is 10.6 Å². The van der Waals surface area contributed by atoms with Gasteiger partial charge in [-0.05, 0) is 44.4 Å². The van der Waals surface area contributed by atoms with Crippen LogP contribution in [0, 0.1) is 11.8 Å². The quantitative estimate of drug-likeness (QED) is 0.633. The molecular formula is C9H20N2. The summed E-state index contributed by atoms with van der Waals surface area (Å²) >= 11 is 0. The third-order valence-corrected chi connectivity index (χ3v) is 2.62. The topological polar surface area (TPSA) is 24.1 Å². The fourth-order valence-electron chi connectivity index (χ4n) is 1.70. The highest BCUT2D eigenvalue weighted by molar-refractivity contribution is 4.76. The Morgan fingerprint density at radius 3 is 3.00 bits per heavy atom. The molecule has 0 radical (unpaired) electrons. The number of piperidine rings is 1. The maximum atomic E-state index is 3.42. The summed E-state index contributed by atoms with van der Waals surface area (Å²) < 4.78 is 0. The Kier molecular flexibility index (Phi) is 3.87. The molecule has 2 heteroatoms. The Bertz CT molecular complexity index is 104. The lowest BCUT2D eigenvalue weighted by molar-refractivity contribution is 0.266. The van der Waals surface area contributed by atoms with Gasteiger partial charge in [0.15, 0.2) is 0 Å². The molecule has 1 aliphatic rings. The zero-order valence-electron chi connectivity index (χ0n) is 7.69. The van der Waals surface area contributed by atoms with Crippen LogP contribution in [0.3, 0.4) is 0 Å². The Morgan fingerprint density at radius 2 is 2.36 bits per heavy atom. The molecular weight excluding hydrogens is 136 g/mol. The molecule has 0 aromatic rings. The normalized spacial score (nSPS) is 32.2. The molecule has 0 amide bonds. The molecule has 0 aliphatic carbocycles. The van der Waals surface area contributed by atoms with Crippen molar-refractivity contribution in [1.29, 1.82) is 0 Å². The third kappa shape index (κ3) is 2.80. The van der Waals surface area contributed by atoms with Gasteiger partial charge < -0.3 is 10.6 Å². The Labute approximate surface area is 69.8 Å². The van der Waals surface area contributed by atoms with E-state index in [9.17, 15) is 0 Å². The molecule has 1 rings (SSSR count). The molecule has 0 aromatic heterocycles. The van der Waals surface area contributed by atoms with Gasteiger partial charge in [-0.3, -0.25) is 0 Å². The smallest absolute Gasteiger partial charge is 0.00171 e. The summed E-state index contributed by atoms with van der Waals surface area (Å²) in [7, 11) is 0. The van der Waals surface area contributed by atoms with Crippen molar-refractivity contribution >= 4 is 0 Å². The molecule has 1 aliphatic heterocycles. The van der Waals surface area contributed by atoms with E-state index in [4.69, 9.17) is 0 Å². The van der Waals surface area contributed by atoms with Gasteiger partial charge >= 0.3 is 0 Å². The van der Waals surface area contributed by atoms with Crippen molar-refractivity contribution < 1.29 is 0 Å². The fourth-order valence-corrected chi connectivity index (χ4v) is 1.70. The van der Waals surface area contributed by atoms with Crippen LogP contribution in [0.5, 0.6) is 0 Å². The van der Waals surface area contributed by atoms with Crippen LogP contribution in [0.25, 0.3) is 0 Å². The molecule has 2 nitrogen and oxygen atoms in total. The van der Waals surface area contributed by atoms with Crippen molar-refractivity contribution in [3.8, 4) is 0 Å². The van der Waals surface area contributed by atoms with E-state index in [0.29, 0.717) is 0 Å². The molecule has 1 fully saturated rings. The van der Waals surface area contributed by atoms with Gasteiger partial charge in [0.25, 0.3) is 0 Å². The van der Waals surface area contributed by atoms with E-state index in [2.05, 4.69) is 24.5 Å². The predicted octanol–water partition coefficient (Wildman–Crippen LogP) is 0.841. The van der Waals surface area contributed by atoms with Crippen molar-refractivity contribution in [2.45, 2.75) is 20.3 Å². The molecule has 0 saturated carbocycles. The number of hydrogen-bond donors (Lipinski definition) is 2. The second kappa shape index (κ2) is 4.73. The minimum absolute atomic E-state index is 0.850. The second-order valence-electron chi connectivity index (χ2n) is 3.54. The maximum Gasteiger partial charge on any atom is -0.00171 e. The van der Waals surface area contributed by atoms with Crippen LogP contribution in [0.2, 0.25) is 0 Å². The van der Waals surface area contributed by atoms with Crippen LogP contribution in [0.1, 0.15) is 20.3 Å². The van der Waals surface area contributed by atoms with Crippen molar-refractivity contribution in [2.75, 3.05) is 26.2 Å². The van der Waals surface area contributed by atoms with E-state index >= 15 is 0 Å². The van der Waals surface area contributed by atoms with E-state index in [0.717, 1.165) is 18.4 Å². The van der Waals surface area contributed by atoms with Gasteiger partial charge in [-0.25, -0.2) is 0 Å². The molecule has 2 N–H and O–H groups in total. The molecule has 1 heterocycles. The molecule has 11 heavy (non-hydrogen) atoms. The highest BCUT2D eigenvalue weighted by Gasteiger charge is 2.19. The largest absolute Gasteiger partial charge is 0.317 e. The van der Waals surface area contributed by atoms with Gasteiger partial charge in [-0.2, -0.15) is 0 Å². The summed E-state index contributed by atoms with van der Waals surface area (Å²) in [5.74, 6) is 1.75. The molecule has 0 aromatic carbocycles. The van der Waals surface area contributed by atoms with Crippen molar-refractivity contribution in [2.24, 2.45) is 11.8 Å². The summed E-state index contributed by atoms with van der Waals surface area (Å²) in [4.78, 5) is 0. The van der Waals surface area contributed by atoms with E-state index in [1.807, 2.05) is 0 Å². The summed E-state index contributed by atoms with van der Waals surface area (Å²) in [6.45, 7) is 9.24. The Morgan fingerprint density at radius 1 is 1.55 bits per heavy atom. The van der Waals surface area contributed by atoms with Gasteiger partial charge in [0.05, 0.1) is 0 Å². The van der Waals surface area contributed by atoms with Gasteiger partial charge in [0.2, 0.25) is 0 Å². The molecule has 2 atom stereocenters. The van der Waals surface area contributed by atoms with Crippen molar-refractivity contribution in [3.63, 3.8) is 0 Å². The second-order valence-corrected chi connectivity index (χ2v) is 3.54. The standard InChI is InChI=1S/C9H20N2/c1-3-10-7-9-4-5-11-6-8(9)2/h8-11H,3-7H2,1-2H3. The Balaban J connectivity index is 2.18. The zero-order chi connectivity index (χ0) is 8.10. The number of rotatable bonds is 3.